The standard InChI is InChI=1S/C15H30OSi/c1-7-13-8-10-14(11-9-13)12-16-17(5,6)15(2,3)4/h8,14H,7,9-12H2,1-6H3. The minimum Gasteiger partial charge on any atom is -0.417 e. The van der Waals surface area contributed by atoms with Crippen molar-refractivity contribution in [3.8, 4) is 0 Å². The van der Waals surface area contributed by atoms with Gasteiger partial charge in [-0.3, -0.25) is 0 Å². The average molecular weight is 254 g/mol. The van der Waals surface area contributed by atoms with E-state index in [0.29, 0.717) is 5.04 Å². The van der Waals surface area contributed by atoms with E-state index in [0.717, 1.165) is 12.5 Å². The van der Waals surface area contributed by atoms with Crippen LogP contribution in [0.15, 0.2) is 11.6 Å². The molecule has 0 spiro atoms. The fourth-order valence-electron chi connectivity index (χ4n) is 1.96. The first-order chi connectivity index (χ1) is 7.76. The van der Waals surface area contributed by atoms with Crippen LogP contribution in [0, 0.1) is 5.92 Å². The van der Waals surface area contributed by atoms with E-state index in [1.54, 1.807) is 5.57 Å². The van der Waals surface area contributed by atoms with Crippen LogP contribution >= 0.6 is 0 Å². The predicted octanol–water partition coefficient (Wildman–Crippen LogP) is 5.14. The molecule has 0 aromatic rings. The molecule has 0 bridgehead atoms. The third-order valence-electron chi connectivity index (χ3n) is 4.55. The van der Waals surface area contributed by atoms with Crippen molar-refractivity contribution in [2.45, 2.75) is 71.5 Å². The third-order valence-corrected chi connectivity index (χ3v) is 9.05. The van der Waals surface area contributed by atoms with Gasteiger partial charge in [0.25, 0.3) is 0 Å². The van der Waals surface area contributed by atoms with Crippen LogP contribution in [0.2, 0.25) is 18.1 Å². The summed E-state index contributed by atoms with van der Waals surface area (Å²) in [5, 5.41) is 0.339. The van der Waals surface area contributed by atoms with E-state index >= 15 is 0 Å². The Morgan fingerprint density at radius 2 is 2.00 bits per heavy atom. The van der Waals surface area contributed by atoms with E-state index in [9.17, 15) is 0 Å². The first-order valence-electron chi connectivity index (χ1n) is 7.08. The maximum atomic E-state index is 6.31. The lowest BCUT2D eigenvalue weighted by atomic mass is 9.89. The summed E-state index contributed by atoms with van der Waals surface area (Å²) >= 11 is 0. The fourth-order valence-corrected chi connectivity index (χ4v) is 3.04. The van der Waals surface area contributed by atoms with Crippen molar-refractivity contribution >= 4 is 8.32 Å². The van der Waals surface area contributed by atoms with Gasteiger partial charge in [0.1, 0.15) is 0 Å². The molecule has 0 saturated carbocycles. The zero-order valence-corrected chi connectivity index (χ0v) is 13.6. The maximum Gasteiger partial charge on any atom is 0.191 e. The highest BCUT2D eigenvalue weighted by molar-refractivity contribution is 6.74. The molecule has 0 fully saturated rings. The van der Waals surface area contributed by atoms with Crippen molar-refractivity contribution in [1.29, 1.82) is 0 Å². The molecule has 0 aromatic carbocycles. The molecule has 0 amide bonds. The fraction of sp³-hybridized carbons (Fsp3) is 0.867. The minimum atomic E-state index is -1.53. The Kier molecular flexibility index (Phi) is 5.03. The molecule has 0 saturated heterocycles. The molecule has 1 aliphatic rings. The van der Waals surface area contributed by atoms with Crippen LogP contribution in [0.5, 0.6) is 0 Å². The lowest BCUT2D eigenvalue weighted by molar-refractivity contribution is 0.217. The van der Waals surface area contributed by atoms with Crippen LogP contribution in [-0.2, 0) is 4.43 Å². The molecule has 100 valence electrons. The Hall–Kier alpha value is -0.0831. The number of allylic oxidation sites excluding steroid dienone is 2. The molecule has 2 heteroatoms. The average Bonchev–Trinajstić information content (AvgIpc) is 2.25. The zero-order chi connectivity index (χ0) is 13.1. The predicted molar refractivity (Wildman–Crippen MR) is 78.9 cm³/mol. The normalized spacial score (nSPS) is 22.5. The summed E-state index contributed by atoms with van der Waals surface area (Å²) in [6.45, 7) is 14.9. The van der Waals surface area contributed by atoms with Gasteiger partial charge in [0, 0.05) is 6.61 Å². The number of hydrogen-bond acceptors (Lipinski definition) is 1. The van der Waals surface area contributed by atoms with Gasteiger partial charge in [0.15, 0.2) is 8.32 Å². The summed E-state index contributed by atoms with van der Waals surface area (Å²) in [6, 6.07) is 0. The summed E-state index contributed by atoms with van der Waals surface area (Å²) in [7, 11) is -1.53. The minimum absolute atomic E-state index is 0.339. The molecule has 1 atom stereocenters. The lowest BCUT2D eigenvalue weighted by Gasteiger charge is -2.37. The van der Waals surface area contributed by atoms with E-state index in [4.69, 9.17) is 4.43 Å². The molecule has 0 heterocycles. The van der Waals surface area contributed by atoms with Crippen LogP contribution in [0.4, 0.5) is 0 Å². The van der Waals surface area contributed by atoms with E-state index in [1.165, 1.54) is 25.7 Å². The zero-order valence-electron chi connectivity index (χ0n) is 12.6. The Bertz CT molecular complexity index is 273. The second-order valence-electron chi connectivity index (χ2n) is 6.93. The summed E-state index contributed by atoms with van der Waals surface area (Å²) in [5.74, 6) is 0.763. The van der Waals surface area contributed by atoms with Gasteiger partial charge < -0.3 is 4.43 Å². The van der Waals surface area contributed by atoms with Crippen LogP contribution in [-0.4, -0.2) is 14.9 Å². The van der Waals surface area contributed by atoms with Crippen LogP contribution in [0.1, 0.15) is 53.4 Å². The van der Waals surface area contributed by atoms with Crippen molar-refractivity contribution in [1.82, 2.24) is 0 Å². The van der Waals surface area contributed by atoms with Gasteiger partial charge in [-0.05, 0) is 49.7 Å². The van der Waals surface area contributed by atoms with Gasteiger partial charge in [-0.15, -0.1) is 0 Å². The van der Waals surface area contributed by atoms with Crippen molar-refractivity contribution in [3.05, 3.63) is 11.6 Å². The summed E-state index contributed by atoms with van der Waals surface area (Å²) in [4.78, 5) is 0. The highest BCUT2D eigenvalue weighted by Crippen LogP contribution is 2.37. The Morgan fingerprint density at radius 1 is 1.35 bits per heavy atom. The second kappa shape index (κ2) is 5.70. The van der Waals surface area contributed by atoms with E-state index in [1.807, 2.05) is 0 Å². The van der Waals surface area contributed by atoms with Gasteiger partial charge in [-0.25, -0.2) is 0 Å². The Morgan fingerprint density at radius 3 is 2.41 bits per heavy atom. The molecule has 1 unspecified atom stereocenters. The van der Waals surface area contributed by atoms with Crippen LogP contribution < -0.4 is 0 Å². The van der Waals surface area contributed by atoms with E-state index in [-0.39, 0.29) is 0 Å². The maximum absolute atomic E-state index is 6.31. The molecular weight excluding hydrogens is 224 g/mol. The largest absolute Gasteiger partial charge is 0.417 e. The van der Waals surface area contributed by atoms with Gasteiger partial charge in [0.2, 0.25) is 0 Å². The third kappa shape index (κ3) is 4.25. The highest BCUT2D eigenvalue weighted by atomic mass is 28.4. The van der Waals surface area contributed by atoms with Gasteiger partial charge in [-0.2, -0.15) is 0 Å². The topological polar surface area (TPSA) is 9.23 Å². The smallest absolute Gasteiger partial charge is 0.191 e. The molecule has 1 nitrogen and oxygen atoms in total. The number of hydrogen-bond donors (Lipinski definition) is 0. The monoisotopic (exact) mass is 254 g/mol. The van der Waals surface area contributed by atoms with E-state index in [2.05, 4.69) is 46.9 Å². The van der Waals surface area contributed by atoms with Crippen LogP contribution in [0.25, 0.3) is 0 Å². The Balaban J connectivity index is 2.40. The van der Waals surface area contributed by atoms with E-state index < -0.39 is 8.32 Å². The Labute approximate surface area is 109 Å². The SMILES string of the molecule is CCC1=CCC(CO[Si](C)(C)C(C)(C)C)CC1. The lowest BCUT2D eigenvalue weighted by Crippen LogP contribution is -2.42. The molecule has 0 aromatic heterocycles. The molecule has 0 radical (unpaired) electrons. The number of rotatable bonds is 4. The molecule has 17 heavy (non-hydrogen) atoms. The summed E-state index contributed by atoms with van der Waals surface area (Å²) in [6.07, 6.45) is 7.53. The summed E-state index contributed by atoms with van der Waals surface area (Å²) in [5.41, 5.74) is 1.65. The van der Waals surface area contributed by atoms with Crippen molar-refractivity contribution < 1.29 is 4.43 Å². The second-order valence-corrected chi connectivity index (χ2v) is 11.7. The van der Waals surface area contributed by atoms with Crippen molar-refractivity contribution in [2.75, 3.05) is 6.61 Å². The van der Waals surface area contributed by atoms with Crippen molar-refractivity contribution in [2.24, 2.45) is 5.92 Å². The molecule has 1 rings (SSSR count). The quantitative estimate of drug-likeness (QED) is 0.498. The molecular formula is C15H30OSi. The van der Waals surface area contributed by atoms with Gasteiger partial charge >= 0.3 is 0 Å². The molecule has 0 aliphatic heterocycles. The molecule has 0 N–H and O–H groups in total. The first-order valence-corrected chi connectivity index (χ1v) is 9.99. The van der Waals surface area contributed by atoms with Crippen LogP contribution in [0.3, 0.4) is 0 Å². The highest BCUT2D eigenvalue weighted by Gasteiger charge is 2.37. The molecule has 1 aliphatic carbocycles. The van der Waals surface area contributed by atoms with Gasteiger partial charge in [-0.1, -0.05) is 39.3 Å². The van der Waals surface area contributed by atoms with Crippen molar-refractivity contribution in [3.63, 3.8) is 0 Å². The van der Waals surface area contributed by atoms with Gasteiger partial charge in [0.05, 0.1) is 0 Å². The first kappa shape index (κ1) is 15.0. The summed E-state index contributed by atoms with van der Waals surface area (Å²) < 4.78 is 6.31.